The van der Waals surface area contributed by atoms with E-state index < -0.39 is 49.1 Å². The van der Waals surface area contributed by atoms with Crippen LogP contribution in [-0.4, -0.2) is 76.2 Å². The van der Waals surface area contributed by atoms with E-state index in [0.717, 1.165) is 0 Å². The van der Waals surface area contributed by atoms with E-state index in [2.05, 4.69) is 5.32 Å². The average Bonchev–Trinajstić information content (AvgIpc) is 2.41. The SMILES string of the molecule is CC(=O)N[C@H]1[C@H](OCCCC(=O)O)O[C@H](CO)[C@@H](O)[C@@H]1O. The number of rotatable bonds is 7. The molecule has 5 atom stereocenters. The van der Waals surface area contributed by atoms with Crippen LogP contribution in [-0.2, 0) is 19.1 Å². The van der Waals surface area contributed by atoms with E-state index in [0.29, 0.717) is 0 Å². The molecule has 9 nitrogen and oxygen atoms in total. The lowest BCUT2D eigenvalue weighted by molar-refractivity contribution is -0.270. The summed E-state index contributed by atoms with van der Waals surface area (Å²) in [6.45, 7) is 0.743. The number of carbonyl (C=O) groups is 2. The van der Waals surface area contributed by atoms with Crippen molar-refractivity contribution >= 4 is 11.9 Å². The van der Waals surface area contributed by atoms with Crippen molar-refractivity contribution < 1.29 is 39.5 Å². The summed E-state index contributed by atoms with van der Waals surface area (Å²) in [5.41, 5.74) is 0. The number of amides is 1. The van der Waals surface area contributed by atoms with Gasteiger partial charge >= 0.3 is 5.97 Å². The van der Waals surface area contributed by atoms with Gasteiger partial charge in [-0.25, -0.2) is 0 Å². The maximum Gasteiger partial charge on any atom is 0.303 e. The summed E-state index contributed by atoms with van der Waals surface area (Å²) in [6, 6.07) is -1.01. The highest BCUT2D eigenvalue weighted by molar-refractivity contribution is 5.73. The second kappa shape index (κ2) is 8.25. The van der Waals surface area contributed by atoms with Crippen molar-refractivity contribution in [1.82, 2.24) is 5.32 Å². The normalized spacial score (nSPS) is 32.7. The molecule has 0 unspecified atom stereocenters. The standard InChI is InChI=1S/C12H21NO8/c1-6(15)13-9-11(19)10(18)7(5-14)21-12(9)20-4-2-3-8(16)17/h7,9-12,14,18-19H,2-5H2,1H3,(H,13,15)(H,16,17)/t7-,9-,10-,11-,12-/m1/s1. The van der Waals surface area contributed by atoms with Gasteiger partial charge in [-0.2, -0.15) is 0 Å². The summed E-state index contributed by atoms with van der Waals surface area (Å²) in [4.78, 5) is 21.5. The molecule has 1 aliphatic rings. The van der Waals surface area contributed by atoms with Gasteiger partial charge in [-0.15, -0.1) is 0 Å². The first-order valence-electron chi connectivity index (χ1n) is 6.59. The molecule has 5 N–H and O–H groups in total. The fourth-order valence-corrected chi connectivity index (χ4v) is 2.04. The fraction of sp³-hybridized carbons (Fsp3) is 0.833. The Labute approximate surface area is 121 Å². The van der Waals surface area contributed by atoms with E-state index in [4.69, 9.17) is 19.7 Å². The van der Waals surface area contributed by atoms with E-state index in [1.807, 2.05) is 0 Å². The van der Waals surface area contributed by atoms with E-state index in [9.17, 15) is 19.8 Å². The monoisotopic (exact) mass is 307 g/mol. The zero-order valence-electron chi connectivity index (χ0n) is 11.6. The van der Waals surface area contributed by atoms with Crippen molar-refractivity contribution in [2.45, 2.75) is 50.4 Å². The molecule has 1 amide bonds. The van der Waals surface area contributed by atoms with Crippen LogP contribution in [0.4, 0.5) is 0 Å². The Kier molecular flexibility index (Phi) is 6.99. The molecular formula is C12H21NO8. The number of aliphatic carboxylic acids is 1. The number of hydrogen-bond acceptors (Lipinski definition) is 7. The Bertz CT molecular complexity index is 363. The fourth-order valence-electron chi connectivity index (χ4n) is 2.04. The number of nitrogens with one attached hydrogen (secondary N) is 1. The van der Waals surface area contributed by atoms with Gasteiger partial charge in [0.05, 0.1) is 13.2 Å². The molecule has 21 heavy (non-hydrogen) atoms. The van der Waals surface area contributed by atoms with Crippen molar-refractivity contribution in [2.75, 3.05) is 13.2 Å². The summed E-state index contributed by atoms with van der Waals surface area (Å²) < 4.78 is 10.6. The average molecular weight is 307 g/mol. The topological polar surface area (TPSA) is 146 Å². The molecule has 9 heteroatoms. The molecule has 1 aliphatic heterocycles. The second-order valence-electron chi connectivity index (χ2n) is 4.80. The van der Waals surface area contributed by atoms with E-state index in [-0.39, 0.29) is 19.4 Å². The first-order chi connectivity index (χ1) is 9.86. The number of ether oxygens (including phenoxy) is 2. The Balaban J connectivity index is 2.64. The molecule has 0 aromatic heterocycles. The molecule has 0 aliphatic carbocycles. The van der Waals surface area contributed by atoms with Crippen molar-refractivity contribution in [3.05, 3.63) is 0 Å². The van der Waals surface area contributed by atoms with Gasteiger partial charge in [0.25, 0.3) is 0 Å². The highest BCUT2D eigenvalue weighted by atomic mass is 16.7. The zero-order valence-corrected chi connectivity index (χ0v) is 11.6. The maximum atomic E-state index is 11.1. The van der Waals surface area contributed by atoms with Crippen molar-refractivity contribution in [3.63, 3.8) is 0 Å². The van der Waals surface area contributed by atoms with Crippen LogP contribution in [0.2, 0.25) is 0 Å². The lowest BCUT2D eigenvalue weighted by Crippen LogP contribution is -2.64. The molecule has 1 heterocycles. The smallest absolute Gasteiger partial charge is 0.303 e. The largest absolute Gasteiger partial charge is 0.481 e. The molecule has 0 aromatic carbocycles. The molecule has 0 aromatic rings. The first kappa shape index (κ1) is 17.8. The molecule has 0 spiro atoms. The Morgan fingerprint density at radius 2 is 1.95 bits per heavy atom. The summed E-state index contributed by atoms with van der Waals surface area (Å²) in [7, 11) is 0. The second-order valence-corrected chi connectivity index (χ2v) is 4.80. The maximum absolute atomic E-state index is 11.1. The molecule has 122 valence electrons. The van der Waals surface area contributed by atoms with Crippen LogP contribution in [0.1, 0.15) is 19.8 Å². The van der Waals surface area contributed by atoms with Crippen LogP contribution in [0.3, 0.4) is 0 Å². The summed E-state index contributed by atoms with van der Waals surface area (Å²) >= 11 is 0. The van der Waals surface area contributed by atoms with Gasteiger partial charge in [-0.1, -0.05) is 0 Å². The third kappa shape index (κ3) is 5.21. The number of aliphatic hydroxyl groups excluding tert-OH is 3. The van der Waals surface area contributed by atoms with Crippen molar-refractivity contribution in [1.29, 1.82) is 0 Å². The lowest BCUT2D eigenvalue weighted by Gasteiger charge is -2.42. The van der Waals surface area contributed by atoms with Gasteiger partial charge in [0.1, 0.15) is 24.4 Å². The van der Waals surface area contributed by atoms with Crippen LogP contribution in [0.15, 0.2) is 0 Å². The number of carbonyl (C=O) groups excluding carboxylic acids is 1. The highest BCUT2D eigenvalue weighted by Gasteiger charge is 2.45. The predicted octanol–water partition coefficient (Wildman–Crippen LogP) is -2.19. The number of hydrogen-bond donors (Lipinski definition) is 5. The van der Waals surface area contributed by atoms with E-state index in [1.54, 1.807) is 0 Å². The zero-order chi connectivity index (χ0) is 16.0. The third-order valence-corrected chi connectivity index (χ3v) is 3.07. The van der Waals surface area contributed by atoms with Crippen molar-refractivity contribution in [3.8, 4) is 0 Å². The molecule has 1 rings (SSSR count). The minimum atomic E-state index is -1.37. The van der Waals surface area contributed by atoms with Gasteiger partial charge < -0.3 is 35.2 Å². The molecule has 0 radical (unpaired) electrons. The Hall–Kier alpha value is -1.26. The molecule has 1 fully saturated rings. The number of carboxylic acid groups (broad SMARTS) is 1. The van der Waals surface area contributed by atoms with Gasteiger partial charge in [0.2, 0.25) is 5.91 Å². The summed E-state index contributed by atoms with van der Waals surface area (Å²) in [5.74, 6) is -1.42. The van der Waals surface area contributed by atoms with E-state index in [1.165, 1.54) is 6.92 Å². The van der Waals surface area contributed by atoms with Gasteiger partial charge in [0, 0.05) is 13.3 Å². The van der Waals surface area contributed by atoms with E-state index >= 15 is 0 Å². The predicted molar refractivity (Wildman–Crippen MR) is 68.2 cm³/mol. The van der Waals surface area contributed by atoms with Crippen LogP contribution >= 0.6 is 0 Å². The van der Waals surface area contributed by atoms with Crippen LogP contribution < -0.4 is 5.32 Å². The summed E-state index contributed by atoms with van der Waals surface area (Å²) in [5, 5.41) is 39.8. The summed E-state index contributed by atoms with van der Waals surface area (Å²) in [6.07, 6.45) is -4.74. The van der Waals surface area contributed by atoms with Crippen LogP contribution in [0.5, 0.6) is 0 Å². The minimum Gasteiger partial charge on any atom is -0.481 e. The lowest BCUT2D eigenvalue weighted by atomic mass is 9.97. The van der Waals surface area contributed by atoms with Gasteiger partial charge in [0.15, 0.2) is 6.29 Å². The first-order valence-corrected chi connectivity index (χ1v) is 6.59. The molecule has 0 saturated carbocycles. The molecule has 0 bridgehead atoms. The number of carboxylic acids is 1. The number of aliphatic hydroxyl groups is 3. The third-order valence-electron chi connectivity index (χ3n) is 3.07. The Morgan fingerprint density at radius 1 is 1.29 bits per heavy atom. The molecular weight excluding hydrogens is 286 g/mol. The van der Waals surface area contributed by atoms with Gasteiger partial charge in [-0.05, 0) is 6.42 Å². The highest BCUT2D eigenvalue weighted by Crippen LogP contribution is 2.22. The Morgan fingerprint density at radius 3 is 2.48 bits per heavy atom. The molecule has 1 saturated heterocycles. The quantitative estimate of drug-likeness (QED) is 0.333. The van der Waals surface area contributed by atoms with Crippen LogP contribution in [0.25, 0.3) is 0 Å². The van der Waals surface area contributed by atoms with Crippen molar-refractivity contribution in [2.24, 2.45) is 0 Å². The van der Waals surface area contributed by atoms with Crippen LogP contribution in [0, 0.1) is 0 Å². The van der Waals surface area contributed by atoms with Gasteiger partial charge in [-0.3, -0.25) is 9.59 Å². The minimum absolute atomic E-state index is 0.0357.